The van der Waals surface area contributed by atoms with Gasteiger partial charge < -0.3 is 10.5 Å². The summed E-state index contributed by atoms with van der Waals surface area (Å²) in [6.45, 7) is 7.75. The zero-order chi connectivity index (χ0) is 15.2. The Morgan fingerprint density at radius 3 is 2.43 bits per heavy atom. The van der Waals surface area contributed by atoms with Crippen LogP contribution in [0.15, 0.2) is 42.5 Å². The van der Waals surface area contributed by atoms with Crippen LogP contribution in [0.1, 0.15) is 42.0 Å². The molecule has 2 rings (SSSR count). The molecule has 2 aromatic rings. The van der Waals surface area contributed by atoms with E-state index in [4.69, 9.17) is 10.5 Å². The van der Waals surface area contributed by atoms with Gasteiger partial charge >= 0.3 is 0 Å². The van der Waals surface area contributed by atoms with Crippen LogP contribution in [0.25, 0.3) is 0 Å². The average molecular weight is 283 g/mol. The van der Waals surface area contributed by atoms with Crippen LogP contribution in [0.2, 0.25) is 0 Å². The molecule has 2 heteroatoms. The van der Waals surface area contributed by atoms with Gasteiger partial charge in [0.1, 0.15) is 12.4 Å². The monoisotopic (exact) mass is 283 g/mol. The molecule has 0 spiro atoms. The molecule has 2 N–H and O–H groups in total. The van der Waals surface area contributed by atoms with Crippen LogP contribution < -0.4 is 10.5 Å². The molecular weight excluding hydrogens is 258 g/mol. The zero-order valence-electron chi connectivity index (χ0n) is 13.2. The number of rotatable bonds is 6. The Balaban J connectivity index is 2.18. The second kappa shape index (κ2) is 7.28. The first-order chi connectivity index (χ1) is 10.1. The van der Waals surface area contributed by atoms with E-state index in [0.717, 1.165) is 12.2 Å². The maximum atomic E-state index is 6.11. The van der Waals surface area contributed by atoms with Crippen LogP contribution in [0.3, 0.4) is 0 Å². The molecule has 2 nitrogen and oxygen atoms in total. The molecule has 0 amide bonds. The van der Waals surface area contributed by atoms with Crippen molar-refractivity contribution in [3.63, 3.8) is 0 Å². The van der Waals surface area contributed by atoms with Gasteiger partial charge in [-0.1, -0.05) is 50.2 Å². The number of hydrogen-bond acceptors (Lipinski definition) is 2. The van der Waals surface area contributed by atoms with Gasteiger partial charge in [0.05, 0.1) is 0 Å². The van der Waals surface area contributed by atoms with E-state index >= 15 is 0 Å². The molecule has 0 saturated carbocycles. The number of hydrogen-bond donors (Lipinski definition) is 1. The summed E-state index contributed by atoms with van der Waals surface area (Å²) in [5.74, 6) is 1.45. The lowest BCUT2D eigenvalue weighted by molar-refractivity contribution is 0.300. The predicted molar refractivity (Wildman–Crippen MR) is 88.8 cm³/mol. The molecule has 112 valence electrons. The van der Waals surface area contributed by atoms with Crippen molar-refractivity contribution in [1.82, 2.24) is 0 Å². The molecule has 0 atom stereocenters. The van der Waals surface area contributed by atoms with Crippen LogP contribution >= 0.6 is 0 Å². The van der Waals surface area contributed by atoms with Gasteiger partial charge in [0.25, 0.3) is 0 Å². The second-order valence-electron chi connectivity index (χ2n) is 5.79. The first-order valence-corrected chi connectivity index (χ1v) is 7.62. The van der Waals surface area contributed by atoms with Gasteiger partial charge in [-0.2, -0.15) is 0 Å². The first-order valence-electron chi connectivity index (χ1n) is 7.62. The summed E-state index contributed by atoms with van der Waals surface area (Å²) < 4.78 is 6.11. The largest absolute Gasteiger partial charge is 0.489 e. The third-order valence-electron chi connectivity index (χ3n) is 3.71. The van der Waals surface area contributed by atoms with Crippen LogP contribution in [0.5, 0.6) is 5.75 Å². The van der Waals surface area contributed by atoms with Gasteiger partial charge in [-0.05, 0) is 54.1 Å². The lowest BCUT2D eigenvalue weighted by Crippen LogP contribution is -2.07. The smallest absolute Gasteiger partial charge is 0.123 e. The van der Waals surface area contributed by atoms with Gasteiger partial charge in [-0.3, -0.25) is 0 Å². The third kappa shape index (κ3) is 4.08. The summed E-state index contributed by atoms with van der Waals surface area (Å²) in [6, 6.07) is 14.8. The normalized spacial score (nSPS) is 10.9. The molecule has 0 saturated heterocycles. The summed E-state index contributed by atoms with van der Waals surface area (Å²) >= 11 is 0. The standard InChI is InChI=1S/C19H25NO/c1-14(2)18-9-8-15(3)12-19(18)21-13-17-7-5-4-6-16(17)10-11-20/h4-9,12,14H,10-11,13,20H2,1-3H3. The van der Waals surface area contributed by atoms with Crippen molar-refractivity contribution >= 4 is 0 Å². The first kappa shape index (κ1) is 15.6. The fourth-order valence-electron chi connectivity index (χ4n) is 2.50. The van der Waals surface area contributed by atoms with E-state index in [9.17, 15) is 0 Å². The lowest BCUT2D eigenvalue weighted by atomic mass is 10.0. The molecule has 2 aromatic carbocycles. The highest BCUT2D eigenvalue weighted by molar-refractivity contribution is 5.39. The van der Waals surface area contributed by atoms with Crippen molar-refractivity contribution < 1.29 is 4.74 Å². The fraction of sp³-hybridized carbons (Fsp3) is 0.368. The van der Waals surface area contributed by atoms with Crippen LogP contribution in [-0.2, 0) is 13.0 Å². The van der Waals surface area contributed by atoms with Gasteiger partial charge in [0.15, 0.2) is 0 Å². The van der Waals surface area contributed by atoms with Crippen LogP contribution in [0.4, 0.5) is 0 Å². The third-order valence-corrected chi connectivity index (χ3v) is 3.71. The highest BCUT2D eigenvalue weighted by Crippen LogP contribution is 2.28. The Bertz CT molecular complexity index is 590. The molecule has 0 aliphatic heterocycles. The summed E-state index contributed by atoms with van der Waals surface area (Å²) in [6.07, 6.45) is 0.893. The molecule has 0 fully saturated rings. The minimum atomic E-state index is 0.458. The number of ether oxygens (including phenoxy) is 1. The quantitative estimate of drug-likeness (QED) is 0.862. The minimum Gasteiger partial charge on any atom is -0.489 e. The molecule has 0 aliphatic rings. The molecule has 21 heavy (non-hydrogen) atoms. The Labute approximate surface area is 127 Å². The van der Waals surface area contributed by atoms with Gasteiger partial charge in [-0.25, -0.2) is 0 Å². The highest BCUT2D eigenvalue weighted by Gasteiger charge is 2.09. The van der Waals surface area contributed by atoms with Crippen LogP contribution in [-0.4, -0.2) is 6.54 Å². The minimum absolute atomic E-state index is 0.458. The van der Waals surface area contributed by atoms with E-state index in [0.29, 0.717) is 19.1 Å². The number of nitrogens with two attached hydrogens (primary N) is 1. The molecule has 0 aromatic heterocycles. The molecule has 0 unspecified atom stereocenters. The van der Waals surface area contributed by atoms with E-state index in [1.54, 1.807) is 0 Å². The SMILES string of the molecule is Cc1ccc(C(C)C)c(OCc2ccccc2CCN)c1. The number of benzene rings is 2. The highest BCUT2D eigenvalue weighted by atomic mass is 16.5. The molecule has 0 bridgehead atoms. The van der Waals surface area contributed by atoms with Gasteiger partial charge in [-0.15, -0.1) is 0 Å². The maximum absolute atomic E-state index is 6.11. The van der Waals surface area contributed by atoms with Crippen molar-refractivity contribution in [3.05, 3.63) is 64.7 Å². The molecule has 0 aliphatic carbocycles. The van der Waals surface area contributed by atoms with Gasteiger partial charge in [0.2, 0.25) is 0 Å². The van der Waals surface area contributed by atoms with Crippen molar-refractivity contribution in [2.24, 2.45) is 5.73 Å². The lowest BCUT2D eigenvalue weighted by Gasteiger charge is -2.16. The average Bonchev–Trinajstić information content (AvgIpc) is 2.46. The summed E-state index contributed by atoms with van der Waals surface area (Å²) in [5, 5.41) is 0. The molecular formula is C19H25NO. The van der Waals surface area contributed by atoms with Gasteiger partial charge in [0, 0.05) is 0 Å². The Morgan fingerprint density at radius 1 is 1.05 bits per heavy atom. The van der Waals surface area contributed by atoms with E-state index in [1.807, 2.05) is 0 Å². The van der Waals surface area contributed by atoms with Crippen molar-refractivity contribution in [1.29, 1.82) is 0 Å². The van der Waals surface area contributed by atoms with Crippen molar-refractivity contribution in [2.45, 2.75) is 39.7 Å². The summed E-state index contributed by atoms with van der Waals surface area (Å²) in [4.78, 5) is 0. The topological polar surface area (TPSA) is 35.2 Å². The van der Waals surface area contributed by atoms with Crippen LogP contribution in [0, 0.1) is 6.92 Å². The Morgan fingerprint density at radius 2 is 1.76 bits per heavy atom. The number of aryl methyl sites for hydroxylation is 1. The van der Waals surface area contributed by atoms with E-state index in [1.165, 1.54) is 22.3 Å². The van der Waals surface area contributed by atoms with E-state index in [-0.39, 0.29) is 0 Å². The Kier molecular flexibility index (Phi) is 5.40. The second-order valence-corrected chi connectivity index (χ2v) is 5.79. The fourth-order valence-corrected chi connectivity index (χ4v) is 2.50. The Hall–Kier alpha value is -1.80. The van der Waals surface area contributed by atoms with E-state index in [2.05, 4.69) is 63.2 Å². The van der Waals surface area contributed by atoms with Crippen molar-refractivity contribution in [3.8, 4) is 5.75 Å². The maximum Gasteiger partial charge on any atom is 0.123 e. The predicted octanol–water partition coefficient (Wildman–Crippen LogP) is 4.20. The van der Waals surface area contributed by atoms with E-state index < -0.39 is 0 Å². The molecule has 0 radical (unpaired) electrons. The summed E-state index contributed by atoms with van der Waals surface area (Å²) in [7, 11) is 0. The molecule has 0 heterocycles. The zero-order valence-corrected chi connectivity index (χ0v) is 13.2. The van der Waals surface area contributed by atoms with Crippen molar-refractivity contribution in [2.75, 3.05) is 6.54 Å². The summed E-state index contributed by atoms with van der Waals surface area (Å²) in [5.41, 5.74) is 10.7.